The van der Waals surface area contributed by atoms with Gasteiger partial charge in [0, 0.05) is 37.3 Å². The fraction of sp³-hybridized carbons (Fsp3) is 0.857. The summed E-state index contributed by atoms with van der Waals surface area (Å²) in [6.45, 7) is 15.7. The number of rotatable bonds is 4. The van der Waals surface area contributed by atoms with E-state index in [1.54, 1.807) is 0 Å². The van der Waals surface area contributed by atoms with Crippen LogP contribution in [0.5, 0.6) is 0 Å². The van der Waals surface area contributed by atoms with Crippen molar-refractivity contribution in [2.24, 2.45) is 11.3 Å². The van der Waals surface area contributed by atoms with Gasteiger partial charge in [-0.05, 0) is 19.4 Å². The smallest absolute Gasteiger partial charge is 0.0419 e. The molecule has 1 rings (SSSR count). The number of nitrogens with zero attached hydrogens (tertiary/aromatic N) is 2. The van der Waals surface area contributed by atoms with Crippen LogP contribution in [-0.2, 0) is 0 Å². The van der Waals surface area contributed by atoms with Crippen molar-refractivity contribution >= 4 is 0 Å². The summed E-state index contributed by atoms with van der Waals surface area (Å²) in [4.78, 5) is 4.82. The van der Waals surface area contributed by atoms with Crippen LogP contribution in [0.25, 0.3) is 0 Å². The van der Waals surface area contributed by atoms with Crippen LogP contribution >= 0.6 is 0 Å². The van der Waals surface area contributed by atoms with Crippen molar-refractivity contribution in [3.63, 3.8) is 0 Å². The predicted octanol–water partition coefficient (Wildman–Crippen LogP) is 2.82. The van der Waals surface area contributed by atoms with Crippen LogP contribution < -0.4 is 0 Å². The van der Waals surface area contributed by atoms with Gasteiger partial charge in [-0.2, -0.15) is 0 Å². The zero-order valence-corrected chi connectivity index (χ0v) is 11.9. The maximum Gasteiger partial charge on any atom is 0.0419 e. The molecule has 0 aromatic heterocycles. The van der Waals surface area contributed by atoms with E-state index in [-0.39, 0.29) is 5.41 Å². The molecule has 0 amide bonds. The van der Waals surface area contributed by atoms with Gasteiger partial charge in [0.25, 0.3) is 0 Å². The van der Waals surface area contributed by atoms with Crippen LogP contribution in [0.2, 0.25) is 0 Å². The summed E-state index contributed by atoms with van der Waals surface area (Å²) in [6, 6.07) is 0.631. The Bertz CT molecular complexity index is 255. The molecule has 0 spiro atoms. The molecule has 1 fully saturated rings. The van der Waals surface area contributed by atoms with Crippen LogP contribution in [0.1, 0.15) is 34.1 Å². The number of allylic oxidation sites excluding steroid dienone is 1. The van der Waals surface area contributed by atoms with Crippen molar-refractivity contribution < 1.29 is 0 Å². The van der Waals surface area contributed by atoms with E-state index in [0.717, 1.165) is 12.5 Å². The molecule has 0 bridgehead atoms. The zero-order valence-electron chi connectivity index (χ0n) is 11.9. The van der Waals surface area contributed by atoms with Gasteiger partial charge < -0.3 is 9.80 Å². The summed E-state index contributed by atoms with van der Waals surface area (Å²) >= 11 is 0. The third-order valence-electron chi connectivity index (χ3n) is 3.70. The van der Waals surface area contributed by atoms with Crippen molar-refractivity contribution in [2.45, 2.75) is 40.2 Å². The minimum absolute atomic E-state index is 0.276. The molecule has 0 aromatic rings. The van der Waals surface area contributed by atoms with E-state index in [9.17, 15) is 0 Å². The van der Waals surface area contributed by atoms with Crippen molar-refractivity contribution in [1.82, 2.24) is 9.80 Å². The highest BCUT2D eigenvalue weighted by molar-refractivity contribution is 5.14. The van der Waals surface area contributed by atoms with E-state index >= 15 is 0 Å². The molecule has 1 aliphatic heterocycles. The van der Waals surface area contributed by atoms with Crippen molar-refractivity contribution in [3.05, 3.63) is 12.3 Å². The van der Waals surface area contributed by atoms with E-state index in [1.807, 2.05) is 0 Å². The largest absolute Gasteiger partial charge is 0.374 e. The van der Waals surface area contributed by atoms with E-state index in [1.165, 1.54) is 18.7 Å². The molecule has 1 saturated heterocycles. The molecule has 0 radical (unpaired) electrons. The summed E-state index contributed by atoms with van der Waals surface area (Å²) in [5.74, 6) is 0.743. The molecule has 94 valence electrons. The van der Waals surface area contributed by atoms with Crippen LogP contribution in [0.3, 0.4) is 0 Å². The second-order valence-electron chi connectivity index (χ2n) is 6.41. The predicted molar refractivity (Wildman–Crippen MR) is 71.4 cm³/mol. The third-order valence-corrected chi connectivity index (χ3v) is 3.70. The maximum atomic E-state index is 4.21. The number of hydrogen-bond acceptors (Lipinski definition) is 2. The van der Waals surface area contributed by atoms with Crippen LogP contribution in [0.4, 0.5) is 0 Å². The first-order valence-electron chi connectivity index (χ1n) is 6.35. The summed E-state index contributed by atoms with van der Waals surface area (Å²) in [5, 5.41) is 0. The minimum atomic E-state index is 0.276. The van der Waals surface area contributed by atoms with Gasteiger partial charge in [0.15, 0.2) is 0 Å². The standard InChI is InChI=1S/C14H28N2/c1-11(2)9-15(6)10-13-8-14(4,5)12(3)16(13)7/h11,13H,3,8-10H2,1-2,4-7H3/t13-/m0/s1. The van der Waals surface area contributed by atoms with Gasteiger partial charge in [-0.15, -0.1) is 0 Å². The van der Waals surface area contributed by atoms with Crippen LogP contribution in [0, 0.1) is 11.3 Å². The Balaban J connectivity index is 2.54. The molecule has 0 N–H and O–H groups in total. The Morgan fingerprint density at radius 3 is 2.44 bits per heavy atom. The van der Waals surface area contributed by atoms with Gasteiger partial charge >= 0.3 is 0 Å². The highest BCUT2D eigenvalue weighted by atomic mass is 15.2. The first-order valence-corrected chi connectivity index (χ1v) is 6.35. The summed E-state index contributed by atoms with van der Waals surface area (Å²) < 4.78 is 0. The average Bonchev–Trinajstić information content (AvgIpc) is 2.28. The lowest BCUT2D eigenvalue weighted by atomic mass is 9.88. The van der Waals surface area contributed by atoms with Crippen LogP contribution in [0.15, 0.2) is 12.3 Å². The first kappa shape index (κ1) is 13.6. The molecule has 0 aromatic carbocycles. The lowest BCUT2D eigenvalue weighted by Crippen LogP contribution is -2.37. The molecular formula is C14H28N2. The lowest BCUT2D eigenvalue weighted by molar-refractivity contribution is 0.218. The monoisotopic (exact) mass is 224 g/mol. The Morgan fingerprint density at radius 1 is 1.50 bits per heavy atom. The molecule has 0 unspecified atom stereocenters. The molecule has 1 aliphatic rings. The van der Waals surface area contributed by atoms with E-state index < -0.39 is 0 Å². The van der Waals surface area contributed by atoms with Gasteiger partial charge in [0.2, 0.25) is 0 Å². The molecule has 2 heteroatoms. The normalized spacial score (nSPS) is 24.9. The number of likely N-dealkylation sites (N-methyl/N-ethyl adjacent to an activating group) is 2. The van der Waals surface area contributed by atoms with Crippen LogP contribution in [-0.4, -0.2) is 43.0 Å². The summed E-state index contributed by atoms with van der Waals surface area (Å²) in [5.41, 5.74) is 1.56. The van der Waals surface area contributed by atoms with Gasteiger partial charge in [-0.25, -0.2) is 0 Å². The highest BCUT2D eigenvalue weighted by Crippen LogP contribution is 2.41. The number of likely N-dealkylation sites (tertiary alicyclic amines) is 1. The summed E-state index contributed by atoms with van der Waals surface area (Å²) in [7, 11) is 4.41. The minimum Gasteiger partial charge on any atom is -0.374 e. The Kier molecular flexibility index (Phi) is 4.06. The molecular weight excluding hydrogens is 196 g/mol. The van der Waals surface area contributed by atoms with Crippen molar-refractivity contribution in [3.8, 4) is 0 Å². The average molecular weight is 224 g/mol. The molecule has 0 aliphatic carbocycles. The quantitative estimate of drug-likeness (QED) is 0.724. The van der Waals surface area contributed by atoms with Crippen molar-refractivity contribution in [1.29, 1.82) is 0 Å². The van der Waals surface area contributed by atoms with Gasteiger partial charge in [-0.3, -0.25) is 0 Å². The third kappa shape index (κ3) is 3.00. The maximum absolute atomic E-state index is 4.21. The molecule has 2 nitrogen and oxygen atoms in total. The molecule has 0 saturated carbocycles. The molecule has 16 heavy (non-hydrogen) atoms. The molecule has 1 heterocycles. The fourth-order valence-electron chi connectivity index (χ4n) is 2.79. The van der Waals surface area contributed by atoms with Gasteiger partial charge in [0.05, 0.1) is 0 Å². The summed E-state index contributed by atoms with van der Waals surface area (Å²) in [6.07, 6.45) is 1.23. The van der Waals surface area contributed by atoms with Gasteiger partial charge in [0.1, 0.15) is 0 Å². The topological polar surface area (TPSA) is 6.48 Å². The first-order chi connectivity index (χ1) is 7.24. The second-order valence-corrected chi connectivity index (χ2v) is 6.41. The van der Waals surface area contributed by atoms with Gasteiger partial charge in [-0.1, -0.05) is 34.3 Å². The fourth-order valence-corrected chi connectivity index (χ4v) is 2.79. The second kappa shape index (κ2) is 4.79. The van der Waals surface area contributed by atoms with Crippen molar-refractivity contribution in [2.75, 3.05) is 27.2 Å². The Morgan fingerprint density at radius 2 is 2.06 bits per heavy atom. The zero-order chi connectivity index (χ0) is 12.5. The van der Waals surface area contributed by atoms with E-state index in [2.05, 4.69) is 58.2 Å². The lowest BCUT2D eigenvalue weighted by Gasteiger charge is -2.28. The SMILES string of the molecule is C=C1N(C)[C@H](CN(C)CC(C)C)CC1(C)C. The van der Waals surface area contributed by atoms with E-state index in [0.29, 0.717) is 6.04 Å². The Labute approximate surface area is 101 Å². The Hall–Kier alpha value is -0.500. The number of hydrogen-bond donors (Lipinski definition) is 0. The molecule has 1 atom stereocenters. The highest BCUT2D eigenvalue weighted by Gasteiger charge is 2.38. The van der Waals surface area contributed by atoms with E-state index in [4.69, 9.17) is 0 Å².